The molecule has 2 heterocycles. The van der Waals surface area contributed by atoms with Crippen LogP contribution in [0.5, 0.6) is 0 Å². The zero-order valence-electron chi connectivity index (χ0n) is 14.7. The van der Waals surface area contributed by atoms with Crippen LogP contribution in [0.2, 0.25) is 0 Å². The van der Waals surface area contributed by atoms with Gasteiger partial charge in [0.2, 0.25) is 5.91 Å². The molecule has 8 heteroatoms. The minimum absolute atomic E-state index is 0.0510. The van der Waals surface area contributed by atoms with Crippen LogP contribution in [-0.2, 0) is 4.79 Å². The number of amides is 1. The summed E-state index contributed by atoms with van der Waals surface area (Å²) < 4.78 is 3.11. The van der Waals surface area contributed by atoms with Crippen molar-refractivity contribution in [3.05, 3.63) is 35.6 Å². The minimum atomic E-state index is -0.0616. The van der Waals surface area contributed by atoms with E-state index in [0.29, 0.717) is 5.75 Å². The molecule has 0 aliphatic heterocycles. The molecule has 0 saturated heterocycles. The molecule has 0 N–H and O–H groups in total. The van der Waals surface area contributed by atoms with Crippen LogP contribution in [0.3, 0.4) is 0 Å². The van der Waals surface area contributed by atoms with Gasteiger partial charge in [0.15, 0.2) is 5.16 Å². The first-order chi connectivity index (χ1) is 12.0. The highest BCUT2D eigenvalue weighted by atomic mass is 32.2. The third-order valence-corrected chi connectivity index (χ3v) is 6.21. The maximum absolute atomic E-state index is 12.6. The van der Waals surface area contributed by atoms with E-state index in [1.54, 1.807) is 22.6 Å². The second-order valence-corrected chi connectivity index (χ2v) is 8.11. The van der Waals surface area contributed by atoms with E-state index < -0.39 is 0 Å². The lowest BCUT2D eigenvalue weighted by Gasteiger charge is -2.23. The van der Waals surface area contributed by atoms with Crippen molar-refractivity contribution >= 4 is 39.2 Å². The highest BCUT2D eigenvalue weighted by molar-refractivity contribution is 7.99. The predicted molar refractivity (Wildman–Crippen MR) is 102 cm³/mol. The van der Waals surface area contributed by atoms with Gasteiger partial charge in [-0.3, -0.25) is 4.79 Å². The van der Waals surface area contributed by atoms with E-state index >= 15 is 0 Å². The van der Waals surface area contributed by atoms with Gasteiger partial charge in [-0.05, 0) is 32.9 Å². The second-order valence-electron chi connectivity index (χ2n) is 6.10. The van der Waals surface area contributed by atoms with Crippen molar-refractivity contribution in [2.45, 2.75) is 38.0 Å². The molecule has 3 aromatic rings. The van der Waals surface area contributed by atoms with Crippen LogP contribution < -0.4 is 0 Å². The number of aromatic nitrogens is 4. The number of nitrogens with zero attached hydrogens (tertiary/aromatic N) is 5. The maximum atomic E-state index is 12.6. The van der Waals surface area contributed by atoms with Gasteiger partial charge in [0, 0.05) is 13.1 Å². The number of carbonyl (C=O) groups is 1. The monoisotopic (exact) mass is 375 g/mol. The van der Waals surface area contributed by atoms with Gasteiger partial charge < -0.3 is 9.47 Å². The molecule has 0 aliphatic carbocycles. The molecule has 1 unspecified atom stereocenters. The number of thioether (sulfide) groups is 1. The highest BCUT2D eigenvalue weighted by Crippen LogP contribution is 2.29. The Morgan fingerprint density at radius 2 is 2.08 bits per heavy atom. The van der Waals surface area contributed by atoms with Crippen LogP contribution in [0, 0.1) is 0 Å². The van der Waals surface area contributed by atoms with Crippen molar-refractivity contribution in [1.82, 2.24) is 24.6 Å². The molecule has 1 amide bonds. The van der Waals surface area contributed by atoms with E-state index in [2.05, 4.69) is 35.1 Å². The Morgan fingerprint density at radius 1 is 1.32 bits per heavy atom. The van der Waals surface area contributed by atoms with Gasteiger partial charge in [-0.25, -0.2) is 4.98 Å². The molecule has 0 spiro atoms. The van der Waals surface area contributed by atoms with Crippen molar-refractivity contribution in [3.63, 3.8) is 0 Å². The molecule has 6 nitrogen and oxygen atoms in total. The summed E-state index contributed by atoms with van der Waals surface area (Å²) in [5.74, 6) is 0.381. The first-order valence-electron chi connectivity index (χ1n) is 8.10. The average Bonchev–Trinajstić information content (AvgIpc) is 3.24. The summed E-state index contributed by atoms with van der Waals surface area (Å²) in [5.41, 5.74) is 0.981. The number of rotatable bonds is 6. The van der Waals surface area contributed by atoms with E-state index in [4.69, 9.17) is 0 Å². The zero-order chi connectivity index (χ0) is 18.0. The van der Waals surface area contributed by atoms with E-state index in [-0.39, 0.29) is 18.0 Å². The van der Waals surface area contributed by atoms with Gasteiger partial charge in [0.05, 0.1) is 22.0 Å². The third-order valence-electron chi connectivity index (χ3n) is 4.06. The van der Waals surface area contributed by atoms with E-state index in [9.17, 15) is 4.79 Å². The first-order valence-corrected chi connectivity index (χ1v) is 9.91. The Kier molecular flexibility index (Phi) is 5.39. The maximum Gasteiger partial charge on any atom is 0.233 e. The van der Waals surface area contributed by atoms with Gasteiger partial charge in [-0.2, -0.15) is 0 Å². The van der Waals surface area contributed by atoms with Crippen molar-refractivity contribution in [2.24, 2.45) is 0 Å². The molecule has 25 heavy (non-hydrogen) atoms. The normalized spacial score (nSPS) is 12.7. The number of benzene rings is 1. The molecule has 0 bridgehead atoms. The Hall–Kier alpha value is -1.93. The van der Waals surface area contributed by atoms with Gasteiger partial charge in [-0.1, -0.05) is 23.9 Å². The van der Waals surface area contributed by atoms with E-state index in [0.717, 1.165) is 20.4 Å². The molecule has 0 fully saturated rings. The van der Waals surface area contributed by atoms with Crippen molar-refractivity contribution < 1.29 is 4.79 Å². The van der Waals surface area contributed by atoms with Crippen LogP contribution >= 0.6 is 23.1 Å². The lowest BCUT2D eigenvalue weighted by atomic mass is 10.3. The summed E-state index contributed by atoms with van der Waals surface area (Å²) in [6.45, 7) is 6.14. The fourth-order valence-corrected chi connectivity index (χ4v) is 4.40. The van der Waals surface area contributed by atoms with Crippen LogP contribution in [0.25, 0.3) is 10.2 Å². The minimum Gasteiger partial charge on any atom is -0.336 e. The summed E-state index contributed by atoms with van der Waals surface area (Å²) in [7, 11) is 1.83. The molecule has 1 aromatic carbocycles. The zero-order valence-corrected chi connectivity index (χ0v) is 16.3. The molecular weight excluding hydrogens is 354 g/mol. The first kappa shape index (κ1) is 17.9. The molecular formula is C17H21N5OS2. The summed E-state index contributed by atoms with van der Waals surface area (Å²) in [6, 6.07) is 8.25. The Morgan fingerprint density at radius 3 is 2.80 bits per heavy atom. The van der Waals surface area contributed by atoms with Crippen LogP contribution in [0.1, 0.15) is 37.9 Å². The van der Waals surface area contributed by atoms with Gasteiger partial charge in [0.25, 0.3) is 0 Å². The molecule has 3 rings (SSSR count). The SMILES string of the molecule is CC(c1nc2ccccc2s1)N(C)C(=O)CSc1nncn1C(C)C. The topological polar surface area (TPSA) is 63.9 Å². The Bertz CT molecular complexity index is 840. The Labute approximate surface area is 155 Å². The standard InChI is InChI=1S/C17H21N5OS2/c1-11(2)22-10-18-20-17(22)24-9-15(23)21(4)12(3)16-19-13-7-5-6-8-14(13)25-16/h5-8,10-12H,9H2,1-4H3. The molecule has 132 valence electrons. The fourth-order valence-electron chi connectivity index (χ4n) is 2.37. The summed E-state index contributed by atoms with van der Waals surface area (Å²) in [4.78, 5) is 19.0. The lowest BCUT2D eigenvalue weighted by Crippen LogP contribution is -2.31. The fraction of sp³-hybridized carbons (Fsp3) is 0.412. The van der Waals surface area contributed by atoms with Crippen LogP contribution in [0.4, 0.5) is 0 Å². The quantitative estimate of drug-likeness (QED) is 0.614. The third kappa shape index (κ3) is 3.85. The summed E-state index contributed by atoms with van der Waals surface area (Å²) in [6.07, 6.45) is 1.70. The number of hydrogen-bond acceptors (Lipinski definition) is 6. The number of thiazole rings is 1. The van der Waals surface area contributed by atoms with Gasteiger partial charge in [0.1, 0.15) is 11.3 Å². The largest absolute Gasteiger partial charge is 0.336 e. The van der Waals surface area contributed by atoms with E-state index in [1.165, 1.54) is 11.8 Å². The van der Waals surface area contributed by atoms with E-state index in [1.807, 2.05) is 36.7 Å². The van der Waals surface area contributed by atoms with Crippen molar-refractivity contribution in [2.75, 3.05) is 12.8 Å². The lowest BCUT2D eigenvalue weighted by molar-refractivity contribution is -0.128. The molecule has 0 aliphatic rings. The van der Waals surface area contributed by atoms with Crippen LogP contribution in [0.15, 0.2) is 35.7 Å². The van der Waals surface area contributed by atoms with Crippen molar-refractivity contribution in [3.8, 4) is 0 Å². The predicted octanol–water partition coefficient (Wildman–Crippen LogP) is 3.78. The molecule has 0 radical (unpaired) electrons. The van der Waals surface area contributed by atoms with Crippen molar-refractivity contribution in [1.29, 1.82) is 0 Å². The summed E-state index contributed by atoms with van der Waals surface area (Å²) >= 11 is 3.05. The number of hydrogen-bond donors (Lipinski definition) is 0. The molecule has 1 atom stereocenters. The number of para-hydroxylation sites is 1. The van der Waals surface area contributed by atoms with Gasteiger partial charge >= 0.3 is 0 Å². The highest BCUT2D eigenvalue weighted by Gasteiger charge is 2.21. The second kappa shape index (κ2) is 7.53. The molecule has 0 saturated carbocycles. The average molecular weight is 376 g/mol. The smallest absolute Gasteiger partial charge is 0.233 e. The molecule has 2 aromatic heterocycles. The summed E-state index contributed by atoms with van der Waals surface area (Å²) in [5, 5.41) is 9.75. The Balaban J connectivity index is 1.66. The van der Waals surface area contributed by atoms with Gasteiger partial charge in [-0.15, -0.1) is 21.5 Å². The number of carbonyl (C=O) groups excluding carboxylic acids is 1. The van der Waals surface area contributed by atoms with Crippen LogP contribution in [-0.4, -0.2) is 43.4 Å². The number of fused-ring (bicyclic) bond motifs is 1.